The van der Waals surface area contributed by atoms with Gasteiger partial charge in [0.25, 0.3) is 0 Å². The number of hydrogen-bond donors (Lipinski definition) is 2. The standard InChI is InChI=1S/C18H18O6S/c1-11(10-25-15(17(21)22)9-16(19)20)18(23)24-14-7-6-12-4-2-3-5-13(12)8-14/h2-8,11,15H,9-10H2,1H3,(H,19,20)(H,21,22). The SMILES string of the molecule is CC(CSC(CC(=O)O)C(=O)O)C(=O)Oc1ccc2ccccc2c1. The maximum atomic E-state index is 12.2. The topological polar surface area (TPSA) is 101 Å². The Balaban J connectivity index is 1.94. The quantitative estimate of drug-likeness (QED) is 0.550. The summed E-state index contributed by atoms with van der Waals surface area (Å²) >= 11 is 0.926. The second-order valence-electron chi connectivity index (χ2n) is 5.59. The molecule has 0 radical (unpaired) electrons. The Bertz CT molecular complexity index is 788. The van der Waals surface area contributed by atoms with Gasteiger partial charge in [-0.05, 0) is 22.9 Å². The first-order valence-corrected chi connectivity index (χ1v) is 8.68. The van der Waals surface area contributed by atoms with Crippen molar-refractivity contribution in [3.63, 3.8) is 0 Å². The zero-order valence-corrected chi connectivity index (χ0v) is 14.4. The van der Waals surface area contributed by atoms with E-state index >= 15 is 0 Å². The molecule has 25 heavy (non-hydrogen) atoms. The molecule has 132 valence electrons. The van der Waals surface area contributed by atoms with Crippen molar-refractivity contribution in [2.24, 2.45) is 5.92 Å². The summed E-state index contributed by atoms with van der Waals surface area (Å²) in [6, 6.07) is 13.0. The number of carboxylic acids is 2. The van der Waals surface area contributed by atoms with E-state index in [2.05, 4.69) is 0 Å². The van der Waals surface area contributed by atoms with Gasteiger partial charge < -0.3 is 14.9 Å². The third-order valence-electron chi connectivity index (χ3n) is 3.52. The van der Waals surface area contributed by atoms with Gasteiger partial charge in [-0.3, -0.25) is 14.4 Å². The lowest BCUT2D eigenvalue weighted by molar-refractivity contribution is -0.142. The normalized spacial score (nSPS) is 13.2. The van der Waals surface area contributed by atoms with Crippen molar-refractivity contribution in [1.29, 1.82) is 0 Å². The van der Waals surface area contributed by atoms with Crippen LogP contribution in [0.1, 0.15) is 13.3 Å². The third-order valence-corrected chi connectivity index (χ3v) is 4.99. The molecule has 0 fully saturated rings. The van der Waals surface area contributed by atoms with Crippen LogP contribution in [0.15, 0.2) is 42.5 Å². The van der Waals surface area contributed by atoms with Gasteiger partial charge in [0.2, 0.25) is 0 Å². The lowest BCUT2D eigenvalue weighted by Gasteiger charge is -2.14. The molecule has 0 aliphatic rings. The average Bonchev–Trinajstić information content (AvgIpc) is 2.57. The zero-order valence-electron chi connectivity index (χ0n) is 13.5. The van der Waals surface area contributed by atoms with Gasteiger partial charge in [0.1, 0.15) is 11.0 Å². The molecule has 2 rings (SSSR count). The fourth-order valence-electron chi connectivity index (χ4n) is 2.15. The Morgan fingerprint density at radius 2 is 1.76 bits per heavy atom. The summed E-state index contributed by atoms with van der Waals surface area (Å²) in [6.45, 7) is 1.62. The number of ether oxygens (including phenoxy) is 1. The lowest BCUT2D eigenvalue weighted by Crippen LogP contribution is -2.25. The number of carbonyl (C=O) groups excluding carboxylic acids is 1. The number of thioether (sulfide) groups is 1. The average molecular weight is 362 g/mol. The van der Waals surface area contributed by atoms with Crippen molar-refractivity contribution in [3.8, 4) is 5.75 Å². The zero-order chi connectivity index (χ0) is 18.4. The van der Waals surface area contributed by atoms with Crippen LogP contribution in [-0.4, -0.2) is 39.1 Å². The van der Waals surface area contributed by atoms with Crippen LogP contribution in [0.25, 0.3) is 10.8 Å². The van der Waals surface area contributed by atoms with E-state index in [1.807, 2.05) is 30.3 Å². The molecule has 0 heterocycles. The second-order valence-corrected chi connectivity index (χ2v) is 6.82. The summed E-state index contributed by atoms with van der Waals surface area (Å²) in [4.78, 5) is 33.9. The summed E-state index contributed by atoms with van der Waals surface area (Å²) < 4.78 is 5.34. The molecule has 7 heteroatoms. The second kappa shape index (κ2) is 8.53. The van der Waals surface area contributed by atoms with E-state index < -0.39 is 35.5 Å². The van der Waals surface area contributed by atoms with Gasteiger partial charge >= 0.3 is 17.9 Å². The van der Waals surface area contributed by atoms with Crippen LogP contribution in [-0.2, 0) is 14.4 Å². The first kappa shape index (κ1) is 18.8. The number of aliphatic carboxylic acids is 2. The van der Waals surface area contributed by atoms with Crippen molar-refractivity contribution in [3.05, 3.63) is 42.5 Å². The molecule has 2 aromatic rings. The highest BCUT2D eigenvalue weighted by molar-refractivity contribution is 8.00. The largest absolute Gasteiger partial charge is 0.481 e. The molecule has 0 aromatic heterocycles. The fourth-order valence-corrected chi connectivity index (χ4v) is 3.21. The van der Waals surface area contributed by atoms with Crippen molar-refractivity contribution >= 4 is 40.4 Å². The van der Waals surface area contributed by atoms with E-state index in [0.717, 1.165) is 22.5 Å². The van der Waals surface area contributed by atoms with Crippen LogP contribution in [0.3, 0.4) is 0 Å². The number of carbonyl (C=O) groups is 3. The van der Waals surface area contributed by atoms with Gasteiger partial charge in [0.15, 0.2) is 0 Å². The minimum atomic E-state index is -1.21. The van der Waals surface area contributed by atoms with Gasteiger partial charge in [-0.1, -0.05) is 37.3 Å². The number of hydrogen-bond acceptors (Lipinski definition) is 5. The smallest absolute Gasteiger partial charge is 0.317 e. The van der Waals surface area contributed by atoms with E-state index in [1.54, 1.807) is 19.1 Å². The Morgan fingerprint density at radius 1 is 1.08 bits per heavy atom. The molecule has 0 aliphatic carbocycles. The number of esters is 1. The Labute approximate surface area is 148 Å². The minimum absolute atomic E-state index is 0.163. The number of fused-ring (bicyclic) bond motifs is 1. The maximum absolute atomic E-state index is 12.2. The Kier molecular flexibility index (Phi) is 6.41. The molecule has 0 saturated heterocycles. The predicted octanol–water partition coefficient (Wildman–Crippen LogP) is 3.04. The van der Waals surface area contributed by atoms with Crippen LogP contribution >= 0.6 is 11.8 Å². The summed E-state index contributed by atoms with van der Waals surface area (Å²) in [5, 5.41) is 18.6. The summed E-state index contributed by atoms with van der Waals surface area (Å²) in [5.41, 5.74) is 0. The van der Waals surface area contributed by atoms with Crippen LogP contribution in [0.4, 0.5) is 0 Å². The van der Waals surface area contributed by atoms with Crippen LogP contribution in [0.5, 0.6) is 5.75 Å². The number of benzene rings is 2. The molecular formula is C18H18O6S. The van der Waals surface area contributed by atoms with Gasteiger partial charge in [-0.15, -0.1) is 11.8 Å². The lowest BCUT2D eigenvalue weighted by atomic mass is 10.1. The van der Waals surface area contributed by atoms with Crippen LogP contribution in [0.2, 0.25) is 0 Å². The Morgan fingerprint density at radius 3 is 2.40 bits per heavy atom. The summed E-state index contributed by atoms with van der Waals surface area (Å²) in [7, 11) is 0. The first-order chi connectivity index (χ1) is 11.9. The van der Waals surface area contributed by atoms with Gasteiger partial charge in [0, 0.05) is 5.75 Å². The first-order valence-electron chi connectivity index (χ1n) is 7.63. The molecule has 0 saturated carbocycles. The molecule has 2 aromatic carbocycles. The summed E-state index contributed by atoms with van der Waals surface area (Å²) in [6.07, 6.45) is -0.494. The maximum Gasteiger partial charge on any atom is 0.317 e. The van der Waals surface area contributed by atoms with Gasteiger partial charge in [0.05, 0.1) is 12.3 Å². The van der Waals surface area contributed by atoms with Crippen LogP contribution < -0.4 is 4.74 Å². The van der Waals surface area contributed by atoms with E-state index in [0.29, 0.717) is 5.75 Å². The fraction of sp³-hybridized carbons (Fsp3) is 0.278. The van der Waals surface area contributed by atoms with Gasteiger partial charge in [-0.2, -0.15) is 0 Å². The number of rotatable bonds is 8. The van der Waals surface area contributed by atoms with Crippen molar-refractivity contribution in [2.45, 2.75) is 18.6 Å². The molecule has 2 atom stereocenters. The molecule has 0 bridgehead atoms. The molecule has 0 spiro atoms. The van der Waals surface area contributed by atoms with Gasteiger partial charge in [-0.25, -0.2) is 0 Å². The summed E-state index contributed by atoms with van der Waals surface area (Å²) in [5.74, 6) is -2.86. The highest BCUT2D eigenvalue weighted by Gasteiger charge is 2.24. The molecule has 0 aliphatic heterocycles. The highest BCUT2D eigenvalue weighted by atomic mass is 32.2. The Hall–Kier alpha value is -2.54. The van der Waals surface area contributed by atoms with Crippen molar-refractivity contribution in [1.82, 2.24) is 0 Å². The van der Waals surface area contributed by atoms with Crippen molar-refractivity contribution in [2.75, 3.05) is 5.75 Å². The predicted molar refractivity (Wildman–Crippen MR) is 94.9 cm³/mol. The van der Waals surface area contributed by atoms with E-state index in [1.165, 1.54) is 0 Å². The minimum Gasteiger partial charge on any atom is -0.481 e. The van der Waals surface area contributed by atoms with E-state index in [4.69, 9.17) is 14.9 Å². The van der Waals surface area contributed by atoms with E-state index in [-0.39, 0.29) is 5.75 Å². The monoisotopic (exact) mass is 362 g/mol. The molecular weight excluding hydrogens is 344 g/mol. The molecule has 2 N–H and O–H groups in total. The molecule has 2 unspecified atom stereocenters. The van der Waals surface area contributed by atoms with Crippen LogP contribution in [0, 0.1) is 5.92 Å². The van der Waals surface area contributed by atoms with Crippen molar-refractivity contribution < 1.29 is 29.3 Å². The van der Waals surface area contributed by atoms with E-state index in [9.17, 15) is 14.4 Å². The molecule has 0 amide bonds. The highest BCUT2D eigenvalue weighted by Crippen LogP contribution is 2.23. The number of carboxylic acid groups (broad SMARTS) is 2. The molecule has 6 nitrogen and oxygen atoms in total. The third kappa shape index (κ3) is 5.49.